The molecule has 0 aromatic rings. The molecule has 0 aromatic heterocycles. The van der Waals surface area contributed by atoms with Crippen molar-refractivity contribution >= 4 is 0 Å². The maximum absolute atomic E-state index is 2.63. The average Bonchev–Trinajstić information content (AvgIpc) is 2.09. The molecule has 0 aromatic carbocycles. The SMILES string of the molecule is C.CCCCCN1CCC(C)CC1. The Morgan fingerprint density at radius 3 is 2.31 bits per heavy atom. The number of hydrogen-bond donors (Lipinski definition) is 0. The molecule has 1 saturated heterocycles. The van der Waals surface area contributed by atoms with Gasteiger partial charge in [0.25, 0.3) is 0 Å². The van der Waals surface area contributed by atoms with Gasteiger partial charge in [-0.25, -0.2) is 0 Å². The van der Waals surface area contributed by atoms with Gasteiger partial charge >= 0.3 is 0 Å². The van der Waals surface area contributed by atoms with Crippen molar-refractivity contribution in [2.24, 2.45) is 5.92 Å². The van der Waals surface area contributed by atoms with E-state index in [1.54, 1.807) is 0 Å². The Hall–Kier alpha value is -0.0400. The van der Waals surface area contributed by atoms with Crippen LogP contribution in [0.4, 0.5) is 0 Å². The van der Waals surface area contributed by atoms with Gasteiger partial charge in [0.1, 0.15) is 0 Å². The van der Waals surface area contributed by atoms with Gasteiger partial charge in [-0.15, -0.1) is 0 Å². The highest BCUT2D eigenvalue weighted by atomic mass is 15.1. The molecular formula is C12H27N. The Morgan fingerprint density at radius 2 is 1.77 bits per heavy atom. The second-order valence-corrected chi connectivity index (χ2v) is 4.23. The minimum atomic E-state index is 0. The van der Waals surface area contributed by atoms with Gasteiger partial charge in [0.15, 0.2) is 0 Å². The van der Waals surface area contributed by atoms with Crippen LogP contribution in [-0.2, 0) is 0 Å². The molecule has 0 bridgehead atoms. The van der Waals surface area contributed by atoms with E-state index in [9.17, 15) is 0 Å². The van der Waals surface area contributed by atoms with Crippen molar-refractivity contribution < 1.29 is 0 Å². The summed E-state index contributed by atoms with van der Waals surface area (Å²) in [4.78, 5) is 2.63. The van der Waals surface area contributed by atoms with E-state index in [1.807, 2.05) is 0 Å². The Kier molecular flexibility index (Phi) is 7.35. The summed E-state index contributed by atoms with van der Waals surface area (Å²) in [7, 11) is 0. The van der Waals surface area contributed by atoms with Crippen LogP contribution in [0.25, 0.3) is 0 Å². The van der Waals surface area contributed by atoms with Crippen molar-refractivity contribution in [3.05, 3.63) is 0 Å². The molecule has 1 aliphatic heterocycles. The number of piperidine rings is 1. The molecule has 13 heavy (non-hydrogen) atoms. The average molecular weight is 185 g/mol. The van der Waals surface area contributed by atoms with Crippen molar-refractivity contribution in [3.63, 3.8) is 0 Å². The third kappa shape index (κ3) is 5.30. The zero-order valence-electron chi connectivity index (χ0n) is 8.68. The predicted molar refractivity (Wildman–Crippen MR) is 61.1 cm³/mol. The minimum Gasteiger partial charge on any atom is -0.303 e. The third-order valence-electron chi connectivity index (χ3n) is 2.95. The molecule has 80 valence electrons. The Labute approximate surface area is 84.5 Å². The van der Waals surface area contributed by atoms with E-state index in [2.05, 4.69) is 18.7 Å². The van der Waals surface area contributed by atoms with Crippen molar-refractivity contribution in [2.45, 2.75) is 53.4 Å². The lowest BCUT2D eigenvalue weighted by atomic mass is 9.99. The third-order valence-corrected chi connectivity index (χ3v) is 2.95. The molecule has 0 spiro atoms. The first kappa shape index (κ1) is 13.0. The Bertz CT molecular complexity index is 104. The number of hydrogen-bond acceptors (Lipinski definition) is 1. The molecule has 0 amide bonds. The lowest BCUT2D eigenvalue weighted by Crippen LogP contribution is -2.33. The first-order valence-corrected chi connectivity index (χ1v) is 5.55. The summed E-state index contributed by atoms with van der Waals surface area (Å²) in [6, 6.07) is 0. The summed E-state index contributed by atoms with van der Waals surface area (Å²) in [6.45, 7) is 8.71. The van der Waals surface area contributed by atoms with Gasteiger partial charge in [0, 0.05) is 0 Å². The highest BCUT2D eigenvalue weighted by Crippen LogP contribution is 2.16. The topological polar surface area (TPSA) is 3.24 Å². The van der Waals surface area contributed by atoms with Crippen molar-refractivity contribution in [1.82, 2.24) is 4.90 Å². The maximum atomic E-state index is 2.63. The fraction of sp³-hybridized carbons (Fsp3) is 1.00. The predicted octanol–water partition coefficient (Wildman–Crippen LogP) is 3.54. The molecular weight excluding hydrogens is 158 g/mol. The van der Waals surface area contributed by atoms with Crippen LogP contribution in [-0.4, -0.2) is 24.5 Å². The fourth-order valence-corrected chi connectivity index (χ4v) is 1.87. The number of nitrogens with zero attached hydrogens (tertiary/aromatic N) is 1. The molecule has 1 fully saturated rings. The number of likely N-dealkylation sites (tertiary alicyclic amines) is 1. The van der Waals surface area contributed by atoms with Gasteiger partial charge in [-0.05, 0) is 44.8 Å². The summed E-state index contributed by atoms with van der Waals surface area (Å²) in [6.07, 6.45) is 7.01. The second-order valence-electron chi connectivity index (χ2n) is 4.23. The van der Waals surface area contributed by atoms with E-state index >= 15 is 0 Å². The molecule has 0 aliphatic carbocycles. The van der Waals surface area contributed by atoms with Gasteiger partial charge in [-0.3, -0.25) is 0 Å². The molecule has 0 atom stereocenters. The lowest BCUT2D eigenvalue weighted by Gasteiger charge is -2.30. The van der Waals surface area contributed by atoms with Gasteiger partial charge in [0.05, 0.1) is 0 Å². The van der Waals surface area contributed by atoms with Gasteiger partial charge in [0.2, 0.25) is 0 Å². The monoisotopic (exact) mass is 185 g/mol. The van der Waals surface area contributed by atoms with E-state index in [1.165, 1.54) is 51.7 Å². The molecule has 1 aliphatic rings. The summed E-state index contributed by atoms with van der Waals surface area (Å²) in [5.74, 6) is 0.979. The molecule has 0 saturated carbocycles. The summed E-state index contributed by atoms with van der Waals surface area (Å²) in [5.41, 5.74) is 0. The fourth-order valence-electron chi connectivity index (χ4n) is 1.87. The summed E-state index contributed by atoms with van der Waals surface area (Å²) in [5, 5.41) is 0. The van der Waals surface area contributed by atoms with Gasteiger partial charge in [-0.2, -0.15) is 0 Å². The number of rotatable bonds is 4. The highest BCUT2D eigenvalue weighted by Gasteiger charge is 2.14. The lowest BCUT2D eigenvalue weighted by molar-refractivity contribution is 0.189. The normalized spacial score (nSPS) is 19.8. The summed E-state index contributed by atoms with van der Waals surface area (Å²) < 4.78 is 0. The van der Waals surface area contributed by atoms with E-state index < -0.39 is 0 Å². The van der Waals surface area contributed by atoms with Crippen molar-refractivity contribution in [3.8, 4) is 0 Å². The molecule has 1 heterocycles. The molecule has 0 unspecified atom stereocenters. The van der Waals surface area contributed by atoms with Gasteiger partial charge in [-0.1, -0.05) is 34.1 Å². The van der Waals surface area contributed by atoms with Crippen LogP contribution >= 0.6 is 0 Å². The van der Waals surface area contributed by atoms with E-state index in [-0.39, 0.29) is 7.43 Å². The van der Waals surface area contributed by atoms with Crippen molar-refractivity contribution in [1.29, 1.82) is 0 Å². The van der Waals surface area contributed by atoms with E-state index in [4.69, 9.17) is 0 Å². The Morgan fingerprint density at radius 1 is 1.15 bits per heavy atom. The molecule has 1 rings (SSSR count). The second kappa shape index (κ2) is 7.37. The van der Waals surface area contributed by atoms with E-state index in [0.29, 0.717) is 0 Å². The van der Waals surface area contributed by atoms with Crippen LogP contribution in [0, 0.1) is 5.92 Å². The Balaban J connectivity index is 0.00000144. The molecule has 1 nitrogen and oxygen atoms in total. The number of unbranched alkanes of at least 4 members (excludes halogenated alkanes) is 2. The summed E-state index contributed by atoms with van der Waals surface area (Å²) >= 11 is 0. The van der Waals surface area contributed by atoms with Gasteiger partial charge < -0.3 is 4.90 Å². The van der Waals surface area contributed by atoms with Crippen LogP contribution in [0.5, 0.6) is 0 Å². The quantitative estimate of drug-likeness (QED) is 0.605. The van der Waals surface area contributed by atoms with Crippen LogP contribution in [0.1, 0.15) is 53.4 Å². The van der Waals surface area contributed by atoms with Crippen LogP contribution in [0.15, 0.2) is 0 Å². The minimum absolute atomic E-state index is 0. The van der Waals surface area contributed by atoms with Crippen LogP contribution in [0.3, 0.4) is 0 Å². The standard InChI is InChI=1S/C11H23N.CH4/c1-3-4-5-8-12-9-6-11(2)7-10-12;/h11H,3-10H2,1-2H3;1H4. The van der Waals surface area contributed by atoms with Crippen molar-refractivity contribution in [2.75, 3.05) is 19.6 Å². The highest BCUT2D eigenvalue weighted by molar-refractivity contribution is 4.68. The first-order chi connectivity index (χ1) is 5.83. The van der Waals surface area contributed by atoms with Crippen LogP contribution < -0.4 is 0 Å². The zero-order chi connectivity index (χ0) is 8.81. The molecule has 1 heteroatoms. The smallest absolute Gasteiger partial charge is 0.00162 e. The first-order valence-electron chi connectivity index (χ1n) is 5.55. The molecule has 0 radical (unpaired) electrons. The van der Waals surface area contributed by atoms with E-state index in [0.717, 1.165) is 5.92 Å². The van der Waals surface area contributed by atoms with Crippen LogP contribution in [0.2, 0.25) is 0 Å². The maximum Gasteiger partial charge on any atom is -0.00162 e. The molecule has 0 N–H and O–H groups in total. The zero-order valence-corrected chi connectivity index (χ0v) is 8.68. The largest absolute Gasteiger partial charge is 0.303 e.